The Bertz CT molecular complexity index is 252. The molecule has 3 heteroatoms. The van der Waals surface area contributed by atoms with Crippen molar-refractivity contribution in [1.29, 1.82) is 0 Å². The van der Waals surface area contributed by atoms with E-state index in [1.807, 2.05) is 0 Å². The van der Waals surface area contributed by atoms with E-state index in [0.717, 1.165) is 13.0 Å². The van der Waals surface area contributed by atoms with E-state index in [2.05, 4.69) is 25.7 Å². The Hall–Kier alpha value is -0.570. The van der Waals surface area contributed by atoms with E-state index in [1.54, 1.807) is 0 Å². The summed E-state index contributed by atoms with van der Waals surface area (Å²) in [7, 11) is 0. The van der Waals surface area contributed by atoms with Crippen molar-refractivity contribution < 1.29 is 9.90 Å². The number of aliphatic carboxylic acids is 1. The van der Waals surface area contributed by atoms with Gasteiger partial charge < -0.3 is 5.11 Å². The van der Waals surface area contributed by atoms with Crippen LogP contribution in [0, 0.1) is 17.8 Å². The lowest BCUT2D eigenvalue weighted by Gasteiger charge is -2.36. The number of rotatable bonds is 3. The molecular weight excluding hydrogens is 178 g/mol. The zero-order valence-electron chi connectivity index (χ0n) is 9.10. The van der Waals surface area contributed by atoms with Gasteiger partial charge in [-0.05, 0) is 25.2 Å². The monoisotopic (exact) mass is 197 g/mol. The largest absolute Gasteiger partial charge is 0.481 e. The number of carbonyl (C=O) groups is 1. The van der Waals surface area contributed by atoms with Gasteiger partial charge in [0.1, 0.15) is 0 Å². The summed E-state index contributed by atoms with van der Waals surface area (Å²) in [5.41, 5.74) is 0. The number of nitrogens with zero attached hydrogens (tertiary/aromatic N) is 1. The minimum atomic E-state index is -0.593. The molecule has 80 valence electrons. The van der Waals surface area contributed by atoms with Gasteiger partial charge in [0.05, 0.1) is 5.92 Å². The van der Waals surface area contributed by atoms with Gasteiger partial charge in [-0.25, -0.2) is 0 Å². The quantitative estimate of drug-likeness (QED) is 0.744. The van der Waals surface area contributed by atoms with Crippen LogP contribution in [0.1, 0.15) is 27.2 Å². The molecule has 0 radical (unpaired) electrons. The number of hydrogen-bond acceptors (Lipinski definition) is 2. The van der Waals surface area contributed by atoms with Crippen molar-refractivity contribution in [2.45, 2.75) is 39.3 Å². The van der Waals surface area contributed by atoms with Gasteiger partial charge in [-0.3, -0.25) is 9.69 Å². The summed E-state index contributed by atoms with van der Waals surface area (Å²) < 4.78 is 0. The van der Waals surface area contributed by atoms with Crippen LogP contribution in [0.4, 0.5) is 0 Å². The molecule has 3 nitrogen and oxygen atoms in total. The van der Waals surface area contributed by atoms with Gasteiger partial charge in [0.2, 0.25) is 0 Å². The second-order valence-corrected chi connectivity index (χ2v) is 5.11. The van der Waals surface area contributed by atoms with E-state index in [1.165, 1.54) is 0 Å². The lowest BCUT2D eigenvalue weighted by atomic mass is 9.74. The molecule has 3 aliphatic rings. The molecule has 4 unspecified atom stereocenters. The van der Waals surface area contributed by atoms with Crippen molar-refractivity contribution in [2.24, 2.45) is 17.8 Å². The SMILES string of the molecule is CC(C)C(C)N1CC2CC1C2C(=O)O. The van der Waals surface area contributed by atoms with Gasteiger partial charge in [-0.15, -0.1) is 0 Å². The lowest BCUT2D eigenvalue weighted by molar-refractivity contribution is -0.147. The van der Waals surface area contributed by atoms with Crippen LogP contribution in [-0.2, 0) is 4.79 Å². The molecule has 2 aliphatic heterocycles. The highest BCUT2D eigenvalue weighted by Crippen LogP contribution is 2.47. The molecular formula is C11H19NO2. The van der Waals surface area contributed by atoms with Crippen LogP contribution in [0.5, 0.6) is 0 Å². The fourth-order valence-corrected chi connectivity index (χ4v) is 2.88. The third-order valence-corrected chi connectivity index (χ3v) is 4.11. The van der Waals surface area contributed by atoms with Crippen molar-refractivity contribution in [1.82, 2.24) is 4.90 Å². The molecule has 1 aliphatic carbocycles. The molecule has 3 fully saturated rings. The third-order valence-electron chi connectivity index (χ3n) is 4.11. The number of carboxylic acid groups (broad SMARTS) is 1. The second-order valence-electron chi connectivity index (χ2n) is 5.11. The molecule has 3 rings (SSSR count). The molecule has 2 heterocycles. The molecule has 0 amide bonds. The summed E-state index contributed by atoms with van der Waals surface area (Å²) >= 11 is 0. The van der Waals surface area contributed by atoms with Crippen LogP contribution < -0.4 is 0 Å². The normalized spacial score (nSPS) is 38.4. The Balaban J connectivity index is 2.03. The molecule has 0 aromatic heterocycles. The fraction of sp³-hybridized carbons (Fsp3) is 0.909. The highest BCUT2D eigenvalue weighted by molar-refractivity contribution is 5.73. The van der Waals surface area contributed by atoms with Gasteiger partial charge in [0, 0.05) is 18.6 Å². The van der Waals surface area contributed by atoms with Crippen LogP contribution in [-0.4, -0.2) is 34.6 Å². The summed E-state index contributed by atoms with van der Waals surface area (Å²) in [4.78, 5) is 13.4. The van der Waals surface area contributed by atoms with Crippen LogP contribution in [0.2, 0.25) is 0 Å². The van der Waals surface area contributed by atoms with Crippen molar-refractivity contribution in [2.75, 3.05) is 6.54 Å². The van der Waals surface area contributed by atoms with Gasteiger partial charge in [0.25, 0.3) is 0 Å². The van der Waals surface area contributed by atoms with Crippen molar-refractivity contribution >= 4 is 5.97 Å². The van der Waals surface area contributed by atoms with Crippen LogP contribution in [0.15, 0.2) is 0 Å². The predicted molar refractivity (Wildman–Crippen MR) is 54.0 cm³/mol. The van der Waals surface area contributed by atoms with E-state index in [-0.39, 0.29) is 5.92 Å². The Kier molecular flexibility index (Phi) is 2.30. The fourth-order valence-electron chi connectivity index (χ4n) is 2.88. The van der Waals surface area contributed by atoms with Crippen LogP contribution >= 0.6 is 0 Å². The van der Waals surface area contributed by atoms with Gasteiger partial charge in [-0.2, -0.15) is 0 Å². The van der Waals surface area contributed by atoms with E-state index < -0.39 is 5.97 Å². The minimum Gasteiger partial charge on any atom is -0.481 e. The first-order valence-electron chi connectivity index (χ1n) is 5.51. The first-order chi connectivity index (χ1) is 6.52. The molecule has 0 aromatic rings. The number of fused-ring (bicyclic) bond motifs is 1. The average molecular weight is 197 g/mol. The standard InChI is InChI=1S/C11H19NO2/c1-6(2)7(3)12-5-8-4-9(12)10(8)11(13)14/h6-10H,4-5H2,1-3H3,(H,13,14). The van der Waals surface area contributed by atoms with Crippen molar-refractivity contribution in [3.63, 3.8) is 0 Å². The van der Waals surface area contributed by atoms with Gasteiger partial charge in [-0.1, -0.05) is 13.8 Å². The number of hydrogen-bond donors (Lipinski definition) is 1. The summed E-state index contributed by atoms with van der Waals surface area (Å²) in [5, 5.41) is 9.03. The highest BCUT2D eigenvalue weighted by Gasteiger charge is 2.56. The molecule has 4 atom stereocenters. The van der Waals surface area contributed by atoms with E-state index >= 15 is 0 Å². The third kappa shape index (κ3) is 1.26. The lowest BCUT2D eigenvalue weighted by Crippen LogP contribution is -2.46. The Labute approximate surface area is 85.1 Å². The molecule has 0 aromatic carbocycles. The van der Waals surface area contributed by atoms with Crippen LogP contribution in [0.25, 0.3) is 0 Å². The molecule has 1 saturated carbocycles. The van der Waals surface area contributed by atoms with Crippen molar-refractivity contribution in [3.8, 4) is 0 Å². The Morgan fingerprint density at radius 1 is 1.43 bits per heavy atom. The molecule has 2 saturated heterocycles. The smallest absolute Gasteiger partial charge is 0.308 e. The second kappa shape index (κ2) is 3.23. The summed E-state index contributed by atoms with van der Waals surface area (Å²) in [6, 6.07) is 0.851. The zero-order chi connectivity index (χ0) is 10.5. The zero-order valence-corrected chi connectivity index (χ0v) is 9.10. The van der Waals surface area contributed by atoms with Crippen molar-refractivity contribution in [3.05, 3.63) is 0 Å². The first-order valence-corrected chi connectivity index (χ1v) is 5.51. The summed E-state index contributed by atoms with van der Waals surface area (Å²) in [6.07, 6.45) is 1.11. The number of carboxylic acids is 1. The highest BCUT2D eigenvalue weighted by atomic mass is 16.4. The van der Waals surface area contributed by atoms with E-state index in [9.17, 15) is 4.79 Å². The maximum atomic E-state index is 11.0. The van der Waals surface area contributed by atoms with Gasteiger partial charge in [0.15, 0.2) is 0 Å². The van der Waals surface area contributed by atoms with E-state index in [4.69, 9.17) is 5.11 Å². The minimum absolute atomic E-state index is 0.0730. The first kappa shape index (κ1) is 9.97. The molecule has 0 spiro atoms. The van der Waals surface area contributed by atoms with E-state index in [0.29, 0.717) is 23.9 Å². The predicted octanol–water partition coefficient (Wildman–Crippen LogP) is 1.44. The summed E-state index contributed by atoms with van der Waals surface area (Å²) in [5.74, 6) is 0.378. The maximum Gasteiger partial charge on any atom is 0.308 e. The summed E-state index contributed by atoms with van der Waals surface area (Å²) in [6.45, 7) is 7.62. The molecule has 1 N–H and O–H groups in total. The Morgan fingerprint density at radius 2 is 2.07 bits per heavy atom. The average Bonchev–Trinajstić information content (AvgIpc) is 2.57. The van der Waals surface area contributed by atoms with Crippen LogP contribution in [0.3, 0.4) is 0 Å². The molecule has 14 heavy (non-hydrogen) atoms. The van der Waals surface area contributed by atoms with Gasteiger partial charge >= 0.3 is 5.97 Å². The topological polar surface area (TPSA) is 40.5 Å². The molecule has 2 bridgehead atoms. The Morgan fingerprint density at radius 3 is 2.50 bits per heavy atom. The maximum absolute atomic E-state index is 11.0.